The minimum Gasteiger partial charge on any atom is -0.482 e. The number of rotatable bonds is 1. The Morgan fingerprint density at radius 2 is 1.95 bits per heavy atom. The summed E-state index contributed by atoms with van der Waals surface area (Å²) in [5.74, 6) is 0.114. The van der Waals surface area contributed by atoms with Crippen LogP contribution in [-0.4, -0.2) is 5.78 Å². The fourth-order valence-corrected chi connectivity index (χ4v) is 2.47. The van der Waals surface area contributed by atoms with Crippen LogP contribution in [-0.2, 0) is 0 Å². The third-order valence-electron chi connectivity index (χ3n) is 3.44. The van der Waals surface area contributed by atoms with Crippen molar-refractivity contribution in [1.82, 2.24) is 0 Å². The van der Waals surface area contributed by atoms with Gasteiger partial charge in [0, 0.05) is 0 Å². The maximum absolute atomic E-state index is 13.0. The van der Waals surface area contributed by atoms with Gasteiger partial charge in [-0.25, -0.2) is 4.39 Å². The van der Waals surface area contributed by atoms with E-state index < -0.39 is 6.10 Å². The third kappa shape index (κ3) is 2.13. The van der Waals surface area contributed by atoms with Crippen molar-refractivity contribution >= 4 is 11.5 Å². The van der Waals surface area contributed by atoms with Crippen molar-refractivity contribution in [2.75, 3.05) is 5.73 Å². The Morgan fingerprint density at radius 3 is 2.65 bits per heavy atom. The molecule has 0 saturated heterocycles. The van der Waals surface area contributed by atoms with Crippen LogP contribution in [0.1, 0.15) is 34.0 Å². The molecule has 20 heavy (non-hydrogen) atoms. The van der Waals surface area contributed by atoms with Crippen LogP contribution in [0.25, 0.3) is 0 Å². The number of benzene rings is 2. The maximum Gasteiger partial charge on any atom is 0.170 e. The second-order valence-electron chi connectivity index (χ2n) is 5.02. The summed E-state index contributed by atoms with van der Waals surface area (Å²) in [4.78, 5) is 12.2. The second kappa shape index (κ2) is 4.63. The average Bonchev–Trinajstić information content (AvgIpc) is 2.40. The predicted molar refractivity (Wildman–Crippen MR) is 74.3 cm³/mol. The summed E-state index contributed by atoms with van der Waals surface area (Å²) < 4.78 is 18.8. The number of ketones is 1. The molecule has 0 aromatic heterocycles. The van der Waals surface area contributed by atoms with Gasteiger partial charge in [0.05, 0.1) is 17.7 Å². The first-order valence-electron chi connectivity index (χ1n) is 6.40. The number of fused-ring (bicyclic) bond motifs is 1. The van der Waals surface area contributed by atoms with Gasteiger partial charge in [0.2, 0.25) is 0 Å². The Labute approximate surface area is 116 Å². The molecule has 0 radical (unpaired) electrons. The van der Waals surface area contributed by atoms with Crippen LogP contribution in [0.15, 0.2) is 36.4 Å². The minimum absolute atomic E-state index is 0.00373. The smallest absolute Gasteiger partial charge is 0.170 e. The molecule has 4 heteroatoms. The summed E-state index contributed by atoms with van der Waals surface area (Å²) in [6, 6.07) is 9.54. The van der Waals surface area contributed by atoms with Crippen LogP contribution in [0, 0.1) is 12.7 Å². The van der Waals surface area contributed by atoms with Gasteiger partial charge in [-0.3, -0.25) is 4.79 Å². The largest absolute Gasteiger partial charge is 0.482 e. The molecule has 1 aliphatic heterocycles. The summed E-state index contributed by atoms with van der Waals surface area (Å²) in [6.45, 7) is 1.88. The van der Waals surface area contributed by atoms with Crippen molar-refractivity contribution in [2.45, 2.75) is 19.4 Å². The van der Waals surface area contributed by atoms with E-state index in [4.69, 9.17) is 10.5 Å². The molecule has 3 nitrogen and oxygen atoms in total. The summed E-state index contributed by atoms with van der Waals surface area (Å²) in [5.41, 5.74) is 8.62. The average molecular weight is 271 g/mol. The highest BCUT2D eigenvalue weighted by atomic mass is 19.1. The number of hydrogen-bond donors (Lipinski definition) is 1. The Kier molecular flexibility index (Phi) is 2.93. The molecule has 0 saturated carbocycles. The minimum atomic E-state index is -0.416. The predicted octanol–water partition coefficient (Wildman–Crippen LogP) is 3.42. The van der Waals surface area contributed by atoms with Crippen LogP contribution in [0.3, 0.4) is 0 Å². The molecule has 2 aromatic carbocycles. The molecule has 2 aromatic rings. The number of nitrogen functional groups attached to an aromatic ring is 1. The number of aryl methyl sites for hydroxylation is 1. The van der Waals surface area contributed by atoms with Crippen LogP contribution in [0.4, 0.5) is 10.1 Å². The van der Waals surface area contributed by atoms with Gasteiger partial charge >= 0.3 is 0 Å². The van der Waals surface area contributed by atoms with E-state index in [9.17, 15) is 9.18 Å². The molecular weight excluding hydrogens is 257 g/mol. The van der Waals surface area contributed by atoms with Crippen LogP contribution in [0.2, 0.25) is 0 Å². The first-order chi connectivity index (χ1) is 9.54. The number of hydrogen-bond acceptors (Lipinski definition) is 3. The highest BCUT2D eigenvalue weighted by molar-refractivity contribution is 6.01. The normalized spacial score (nSPS) is 17.5. The molecule has 1 atom stereocenters. The van der Waals surface area contributed by atoms with E-state index >= 15 is 0 Å². The number of carbonyl (C=O) groups excluding carboxylic acids is 1. The van der Waals surface area contributed by atoms with Crippen molar-refractivity contribution in [3.63, 3.8) is 0 Å². The van der Waals surface area contributed by atoms with E-state index in [1.54, 1.807) is 24.3 Å². The van der Waals surface area contributed by atoms with E-state index in [0.717, 1.165) is 11.1 Å². The Balaban J connectivity index is 2.00. The first kappa shape index (κ1) is 12.7. The molecule has 102 valence electrons. The van der Waals surface area contributed by atoms with Crippen molar-refractivity contribution in [2.24, 2.45) is 0 Å². The lowest BCUT2D eigenvalue weighted by atomic mass is 9.94. The van der Waals surface area contributed by atoms with Gasteiger partial charge < -0.3 is 10.5 Å². The molecule has 0 spiro atoms. The van der Waals surface area contributed by atoms with Gasteiger partial charge in [0.1, 0.15) is 11.9 Å². The van der Waals surface area contributed by atoms with Crippen LogP contribution < -0.4 is 10.5 Å². The topological polar surface area (TPSA) is 52.3 Å². The number of Topliss-reactive ketones (excluding diaryl/α,β-unsaturated/α-hetero) is 1. The van der Waals surface area contributed by atoms with Gasteiger partial charge in [-0.1, -0.05) is 12.1 Å². The van der Waals surface area contributed by atoms with Gasteiger partial charge in [-0.05, 0) is 42.3 Å². The number of carbonyl (C=O) groups is 1. The summed E-state index contributed by atoms with van der Waals surface area (Å²) in [5, 5.41) is 0. The highest BCUT2D eigenvalue weighted by Crippen LogP contribution is 2.39. The van der Waals surface area contributed by atoms with Gasteiger partial charge in [0.15, 0.2) is 11.5 Å². The molecular formula is C16H14FNO2. The summed E-state index contributed by atoms with van der Waals surface area (Å²) >= 11 is 0. The fourth-order valence-electron chi connectivity index (χ4n) is 2.47. The zero-order valence-corrected chi connectivity index (χ0v) is 11.0. The zero-order chi connectivity index (χ0) is 14.3. The number of nitrogens with two attached hydrogens (primary N) is 1. The molecule has 0 aliphatic carbocycles. The number of anilines is 1. The Hall–Kier alpha value is -2.36. The van der Waals surface area contributed by atoms with E-state index in [1.165, 1.54) is 12.1 Å². The molecule has 1 heterocycles. The van der Waals surface area contributed by atoms with Crippen LogP contribution in [0.5, 0.6) is 5.75 Å². The zero-order valence-electron chi connectivity index (χ0n) is 11.0. The highest BCUT2D eigenvalue weighted by Gasteiger charge is 2.29. The lowest BCUT2D eigenvalue weighted by Crippen LogP contribution is -2.21. The Bertz CT molecular complexity index is 680. The quantitative estimate of drug-likeness (QED) is 0.808. The SMILES string of the molecule is Cc1cc(N)c2c(c1)C(=O)CC(c1ccc(F)cc1)O2. The number of halogens is 1. The summed E-state index contributed by atoms with van der Waals surface area (Å²) in [6.07, 6.45) is -0.178. The van der Waals surface area contributed by atoms with Crippen molar-refractivity contribution < 1.29 is 13.9 Å². The van der Waals surface area contributed by atoms with E-state index in [1.807, 2.05) is 6.92 Å². The van der Waals surface area contributed by atoms with Gasteiger partial charge in [0.25, 0.3) is 0 Å². The lowest BCUT2D eigenvalue weighted by molar-refractivity contribution is 0.0851. The fraction of sp³-hybridized carbons (Fsp3) is 0.188. The standard InChI is InChI=1S/C16H14FNO2/c1-9-6-12-14(19)8-15(20-16(12)13(18)7-9)10-2-4-11(17)5-3-10/h2-7,15H,8,18H2,1H3. The molecule has 0 fully saturated rings. The maximum atomic E-state index is 13.0. The van der Waals surface area contributed by atoms with Crippen molar-refractivity contribution in [3.05, 3.63) is 58.9 Å². The molecule has 0 bridgehead atoms. The van der Waals surface area contributed by atoms with E-state index in [-0.39, 0.29) is 18.0 Å². The molecule has 0 amide bonds. The summed E-state index contributed by atoms with van der Waals surface area (Å²) in [7, 11) is 0. The third-order valence-corrected chi connectivity index (χ3v) is 3.44. The lowest BCUT2D eigenvalue weighted by Gasteiger charge is -2.27. The van der Waals surface area contributed by atoms with Crippen LogP contribution >= 0.6 is 0 Å². The van der Waals surface area contributed by atoms with Gasteiger partial charge in [-0.15, -0.1) is 0 Å². The first-order valence-corrected chi connectivity index (χ1v) is 6.40. The van der Waals surface area contributed by atoms with E-state index in [2.05, 4.69) is 0 Å². The van der Waals surface area contributed by atoms with E-state index in [0.29, 0.717) is 17.0 Å². The molecule has 3 rings (SSSR count). The molecule has 1 aliphatic rings. The van der Waals surface area contributed by atoms with Crippen molar-refractivity contribution in [1.29, 1.82) is 0 Å². The van der Waals surface area contributed by atoms with Crippen molar-refractivity contribution in [3.8, 4) is 5.75 Å². The molecule has 2 N–H and O–H groups in total. The monoisotopic (exact) mass is 271 g/mol. The van der Waals surface area contributed by atoms with Gasteiger partial charge in [-0.2, -0.15) is 0 Å². The second-order valence-corrected chi connectivity index (χ2v) is 5.02. The number of ether oxygens (including phenoxy) is 1. The molecule has 1 unspecified atom stereocenters. The Morgan fingerprint density at radius 1 is 1.25 bits per heavy atom.